The first-order valence-electron chi connectivity index (χ1n) is 9.58. The standard InChI is InChI=1S/C23H23F2NO3/c1-3-15-12-21(27)17-9-7-14(2)11-20(17)26(13-22(28)29)19(15)10-8-16-5-4-6-18(24)23(16)25/h4-7,9,11H,3,8,10,12-13H2,1-2H3,(H,28,29). The topological polar surface area (TPSA) is 57.6 Å². The van der Waals surface area contributed by atoms with Gasteiger partial charge in [-0.25, -0.2) is 8.78 Å². The number of carbonyl (C=O) groups is 2. The molecule has 152 valence electrons. The first kappa shape index (κ1) is 20.7. The Balaban J connectivity index is 2.07. The minimum absolute atomic E-state index is 0.0702. The predicted octanol–water partition coefficient (Wildman–Crippen LogP) is 5.05. The molecule has 3 rings (SSSR count). The normalized spacial score (nSPS) is 14.1. The number of hydrogen-bond acceptors (Lipinski definition) is 3. The smallest absolute Gasteiger partial charge is 0.323 e. The zero-order valence-electron chi connectivity index (χ0n) is 16.5. The van der Waals surface area contributed by atoms with Crippen LogP contribution in [-0.4, -0.2) is 23.4 Å². The summed E-state index contributed by atoms with van der Waals surface area (Å²) in [5.74, 6) is -2.90. The molecule has 29 heavy (non-hydrogen) atoms. The zero-order chi connectivity index (χ0) is 21.1. The fourth-order valence-corrected chi connectivity index (χ4v) is 3.78. The van der Waals surface area contributed by atoms with Crippen LogP contribution in [0.25, 0.3) is 0 Å². The highest BCUT2D eigenvalue weighted by molar-refractivity contribution is 6.04. The van der Waals surface area contributed by atoms with Crippen molar-refractivity contribution in [3.05, 3.63) is 76.0 Å². The summed E-state index contributed by atoms with van der Waals surface area (Å²) in [4.78, 5) is 26.1. The molecule has 0 unspecified atom stereocenters. The van der Waals surface area contributed by atoms with Gasteiger partial charge >= 0.3 is 5.97 Å². The average Bonchev–Trinajstić information content (AvgIpc) is 2.78. The summed E-state index contributed by atoms with van der Waals surface area (Å²) in [5, 5.41) is 9.50. The van der Waals surface area contributed by atoms with E-state index in [0.29, 0.717) is 29.8 Å². The molecule has 1 aliphatic heterocycles. The predicted molar refractivity (Wildman–Crippen MR) is 107 cm³/mol. The van der Waals surface area contributed by atoms with E-state index in [1.54, 1.807) is 17.0 Å². The minimum Gasteiger partial charge on any atom is -0.480 e. The molecule has 0 atom stereocenters. The molecule has 0 aliphatic carbocycles. The maximum atomic E-state index is 14.1. The van der Waals surface area contributed by atoms with Gasteiger partial charge in [-0.2, -0.15) is 0 Å². The Hall–Kier alpha value is -3.02. The third kappa shape index (κ3) is 4.36. The lowest BCUT2D eigenvalue weighted by Crippen LogP contribution is -2.30. The summed E-state index contributed by atoms with van der Waals surface area (Å²) in [6.07, 6.45) is 1.25. The van der Waals surface area contributed by atoms with Crippen molar-refractivity contribution in [3.63, 3.8) is 0 Å². The number of rotatable bonds is 6. The van der Waals surface area contributed by atoms with Gasteiger partial charge in [-0.15, -0.1) is 0 Å². The number of carboxylic acids is 1. The molecule has 6 heteroatoms. The van der Waals surface area contributed by atoms with Gasteiger partial charge in [0.1, 0.15) is 6.54 Å². The van der Waals surface area contributed by atoms with E-state index in [1.807, 2.05) is 19.9 Å². The summed E-state index contributed by atoms with van der Waals surface area (Å²) in [6.45, 7) is 3.47. The van der Waals surface area contributed by atoms with E-state index < -0.39 is 17.6 Å². The first-order chi connectivity index (χ1) is 13.8. The molecule has 1 N–H and O–H groups in total. The molecular formula is C23H23F2NO3. The Bertz CT molecular complexity index is 998. The minimum atomic E-state index is -1.03. The molecule has 0 saturated heterocycles. The second kappa shape index (κ2) is 8.55. The number of aryl methyl sites for hydroxylation is 2. The second-order valence-electron chi connectivity index (χ2n) is 7.22. The number of allylic oxidation sites excluding steroid dienone is 2. The number of carbonyl (C=O) groups excluding carboxylic acids is 1. The number of aliphatic carboxylic acids is 1. The molecule has 0 saturated carbocycles. The molecule has 0 fully saturated rings. The highest BCUT2D eigenvalue weighted by Gasteiger charge is 2.28. The van der Waals surface area contributed by atoms with Crippen LogP contribution in [0.1, 0.15) is 47.7 Å². The summed E-state index contributed by atoms with van der Waals surface area (Å²) >= 11 is 0. The average molecular weight is 399 g/mol. The number of anilines is 1. The highest BCUT2D eigenvalue weighted by Crippen LogP contribution is 2.35. The van der Waals surface area contributed by atoms with Crippen LogP contribution < -0.4 is 4.90 Å². The van der Waals surface area contributed by atoms with Gasteiger partial charge in [-0.1, -0.05) is 25.1 Å². The lowest BCUT2D eigenvalue weighted by atomic mass is 9.98. The van der Waals surface area contributed by atoms with E-state index >= 15 is 0 Å². The van der Waals surface area contributed by atoms with Gasteiger partial charge in [-0.05, 0) is 61.1 Å². The van der Waals surface area contributed by atoms with Crippen molar-refractivity contribution in [1.82, 2.24) is 0 Å². The van der Waals surface area contributed by atoms with E-state index in [4.69, 9.17) is 0 Å². The third-order valence-electron chi connectivity index (χ3n) is 5.24. The van der Waals surface area contributed by atoms with E-state index in [9.17, 15) is 23.5 Å². The van der Waals surface area contributed by atoms with Crippen molar-refractivity contribution in [1.29, 1.82) is 0 Å². The van der Waals surface area contributed by atoms with E-state index in [2.05, 4.69) is 0 Å². The van der Waals surface area contributed by atoms with Gasteiger partial charge in [0.05, 0.1) is 5.69 Å². The molecule has 2 aromatic rings. The Morgan fingerprint density at radius 2 is 1.93 bits per heavy atom. The van der Waals surface area contributed by atoms with Crippen molar-refractivity contribution >= 4 is 17.4 Å². The van der Waals surface area contributed by atoms with Crippen molar-refractivity contribution in [2.24, 2.45) is 0 Å². The van der Waals surface area contributed by atoms with Gasteiger partial charge in [0.25, 0.3) is 0 Å². The van der Waals surface area contributed by atoms with Crippen LogP contribution in [0.15, 0.2) is 47.7 Å². The quantitative estimate of drug-likeness (QED) is 0.739. The monoisotopic (exact) mass is 399 g/mol. The number of benzene rings is 2. The summed E-state index contributed by atoms with van der Waals surface area (Å²) < 4.78 is 27.7. The number of fused-ring (bicyclic) bond motifs is 1. The fraction of sp³-hybridized carbons (Fsp3) is 0.304. The lowest BCUT2D eigenvalue weighted by molar-refractivity contribution is -0.135. The number of hydrogen-bond donors (Lipinski definition) is 1. The zero-order valence-corrected chi connectivity index (χ0v) is 16.5. The Morgan fingerprint density at radius 1 is 1.17 bits per heavy atom. The molecule has 4 nitrogen and oxygen atoms in total. The SMILES string of the molecule is CCC1=C(CCc2cccc(F)c2F)N(CC(=O)O)c2cc(C)ccc2C(=O)C1. The molecule has 1 heterocycles. The Morgan fingerprint density at radius 3 is 2.62 bits per heavy atom. The van der Waals surface area contributed by atoms with E-state index in [-0.39, 0.29) is 30.7 Å². The van der Waals surface area contributed by atoms with Crippen molar-refractivity contribution in [2.75, 3.05) is 11.4 Å². The molecule has 0 radical (unpaired) electrons. The van der Waals surface area contributed by atoms with Gasteiger partial charge in [0, 0.05) is 17.7 Å². The van der Waals surface area contributed by atoms with Gasteiger partial charge < -0.3 is 10.0 Å². The van der Waals surface area contributed by atoms with Crippen molar-refractivity contribution in [2.45, 2.75) is 39.5 Å². The van der Waals surface area contributed by atoms with Crippen LogP contribution in [0, 0.1) is 18.6 Å². The summed E-state index contributed by atoms with van der Waals surface area (Å²) in [6, 6.07) is 9.39. The lowest BCUT2D eigenvalue weighted by Gasteiger charge is -2.28. The third-order valence-corrected chi connectivity index (χ3v) is 5.24. The number of carboxylic acid groups (broad SMARTS) is 1. The first-order valence-corrected chi connectivity index (χ1v) is 9.58. The van der Waals surface area contributed by atoms with Crippen molar-refractivity contribution < 1.29 is 23.5 Å². The maximum Gasteiger partial charge on any atom is 0.323 e. The van der Waals surface area contributed by atoms with Crippen LogP contribution in [-0.2, 0) is 11.2 Å². The summed E-state index contributed by atoms with van der Waals surface area (Å²) in [5.41, 5.74) is 3.68. The largest absolute Gasteiger partial charge is 0.480 e. The molecule has 0 spiro atoms. The van der Waals surface area contributed by atoms with Crippen LogP contribution >= 0.6 is 0 Å². The molecular weight excluding hydrogens is 376 g/mol. The van der Waals surface area contributed by atoms with Crippen LogP contribution in [0.4, 0.5) is 14.5 Å². The molecule has 0 aromatic heterocycles. The molecule has 0 amide bonds. The Kier molecular flexibility index (Phi) is 6.11. The molecule has 1 aliphatic rings. The second-order valence-corrected chi connectivity index (χ2v) is 7.22. The van der Waals surface area contributed by atoms with Crippen molar-refractivity contribution in [3.8, 4) is 0 Å². The fourth-order valence-electron chi connectivity index (χ4n) is 3.78. The van der Waals surface area contributed by atoms with Crippen LogP contribution in [0.3, 0.4) is 0 Å². The summed E-state index contributed by atoms with van der Waals surface area (Å²) in [7, 11) is 0. The van der Waals surface area contributed by atoms with Crippen LogP contribution in [0.2, 0.25) is 0 Å². The number of Topliss-reactive ketones (excluding diaryl/α,β-unsaturated/α-hetero) is 1. The maximum absolute atomic E-state index is 14.1. The molecule has 2 aromatic carbocycles. The van der Waals surface area contributed by atoms with Gasteiger partial charge in [0.2, 0.25) is 0 Å². The van der Waals surface area contributed by atoms with Crippen LogP contribution in [0.5, 0.6) is 0 Å². The number of nitrogens with zero attached hydrogens (tertiary/aromatic N) is 1. The Labute approximate surface area is 168 Å². The number of ketones is 1. The number of halogens is 2. The van der Waals surface area contributed by atoms with E-state index in [0.717, 1.165) is 17.2 Å². The van der Waals surface area contributed by atoms with E-state index in [1.165, 1.54) is 12.1 Å². The highest BCUT2D eigenvalue weighted by atomic mass is 19.2. The molecule has 0 bridgehead atoms. The van der Waals surface area contributed by atoms with Gasteiger partial charge in [-0.3, -0.25) is 9.59 Å². The van der Waals surface area contributed by atoms with Gasteiger partial charge in [0.15, 0.2) is 17.4 Å².